The second kappa shape index (κ2) is 7.51. The molecule has 0 aromatic heterocycles. The van der Waals surface area contributed by atoms with E-state index >= 15 is 0 Å². The zero-order valence-corrected chi connectivity index (χ0v) is 17.7. The summed E-state index contributed by atoms with van der Waals surface area (Å²) in [6.45, 7) is 9.00. The van der Waals surface area contributed by atoms with Gasteiger partial charge in [-0.3, -0.25) is 4.79 Å². The van der Waals surface area contributed by atoms with Crippen LogP contribution in [-0.4, -0.2) is 48.1 Å². The van der Waals surface area contributed by atoms with E-state index in [1.807, 2.05) is 58.0 Å². The quantitative estimate of drug-likeness (QED) is 0.701. The van der Waals surface area contributed by atoms with Crippen LogP contribution in [0.1, 0.15) is 53.0 Å². The van der Waals surface area contributed by atoms with Crippen molar-refractivity contribution in [2.45, 2.75) is 89.6 Å². The van der Waals surface area contributed by atoms with E-state index in [9.17, 15) is 4.79 Å². The highest BCUT2D eigenvalue weighted by Crippen LogP contribution is 2.44. The van der Waals surface area contributed by atoms with Crippen LogP contribution < -0.4 is 0 Å². The molecule has 3 aliphatic rings. The molecule has 3 fully saturated rings. The number of carbonyl (C=O) groups excluding carboxylic acids is 1. The summed E-state index contributed by atoms with van der Waals surface area (Å²) in [5.41, 5.74) is 2.05. The van der Waals surface area contributed by atoms with Crippen LogP contribution in [-0.2, 0) is 28.5 Å². The van der Waals surface area contributed by atoms with E-state index < -0.39 is 29.9 Å². The lowest BCUT2D eigenvalue weighted by atomic mass is 9.86. The maximum Gasteiger partial charge on any atom is 0.303 e. The monoisotopic (exact) mass is 402 g/mol. The zero-order chi connectivity index (χ0) is 20.8. The van der Waals surface area contributed by atoms with E-state index in [0.29, 0.717) is 6.42 Å². The van der Waals surface area contributed by atoms with Gasteiger partial charge in [0.2, 0.25) is 0 Å². The first-order valence-corrected chi connectivity index (χ1v) is 10.3. The molecule has 2 saturated heterocycles. The Hall–Kier alpha value is -1.73. The van der Waals surface area contributed by atoms with Gasteiger partial charge in [0, 0.05) is 6.92 Å². The smallest absolute Gasteiger partial charge is 0.303 e. The Morgan fingerprint density at radius 2 is 1.59 bits per heavy atom. The molecule has 2 heterocycles. The molecule has 6 nitrogen and oxygen atoms in total. The molecule has 6 heteroatoms. The SMILES string of the molecule is CC(=O)O[C@@H]1/C(=C/c2ccccc2)CC[C@H]2OC(C)(C)O[C@H]2[C@@H]2OC(C)(C)O[C@H]21. The number of rotatable bonds is 2. The Labute approximate surface area is 172 Å². The van der Waals surface area contributed by atoms with Crippen molar-refractivity contribution in [2.75, 3.05) is 0 Å². The maximum atomic E-state index is 12.0. The third-order valence-corrected chi connectivity index (χ3v) is 5.53. The molecular weight excluding hydrogens is 372 g/mol. The summed E-state index contributed by atoms with van der Waals surface area (Å²) in [7, 11) is 0. The van der Waals surface area contributed by atoms with Gasteiger partial charge in [0.15, 0.2) is 17.7 Å². The number of hydrogen-bond acceptors (Lipinski definition) is 6. The molecular formula is C23H30O6. The molecule has 1 aromatic carbocycles. The minimum atomic E-state index is -0.809. The molecule has 5 atom stereocenters. The lowest BCUT2D eigenvalue weighted by Crippen LogP contribution is -2.50. The molecule has 1 aromatic rings. The average molecular weight is 402 g/mol. The number of fused-ring (bicyclic) bond motifs is 3. The summed E-state index contributed by atoms with van der Waals surface area (Å²) in [5, 5.41) is 0. The molecule has 4 rings (SSSR count). The number of esters is 1. The Kier molecular flexibility index (Phi) is 5.32. The largest absolute Gasteiger partial charge is 0.455 e. The van der Waals surface area contributed by atoms with E-state index in [-0.39, 0.29) is 18.2 Å². The first-order chi connectivity index (χ1) is 13.6. The summed E-state index contributed by atoms with van der Waals surface area (Å²) in [4.78, 5) is 12.0. The Morgan fingerprint density at radius 1 is 0.966 bits per heavy atom. The van der Waals surface area contributed by atoms with E-state index in [2.05, 4.69) is 6.08 Å². The molecule has 2 aliphatic heterocycles. The van der Waals surface area contributed by atoms with E-state index in [4.69, 9.17) is 23.7 Å². The van der Waals surface area contributed by atoms with Crippen LogP contribution in [0.25, 0.3) is 6.08 Å². The van der Waals surface area contributed by atoms with Gasteiger partial charge in [0.1, 0.15) is 18.3 Å². The molecule has 0 unspecified atom stereocenters. The van der Waals surface area contributed by atoms with Crippen LogP contribution in [0.2, 0.25) is 0 Å². The van der Waals surface area contributed by atoms with Gasteiger partial charge in [-0.05, 0) is 51.7 Å². The molecule has 0 bridgehead atoms. The van der Waals surface area contributed by atoms with E-state index in [1.54, 1.807) is 0 Å². The third kappa shape index (κ3) is 4.40. The highest BCUT2D eigenvalue weighted by Gasteiger charge is 2.57. The topological polar surface area (TPSA) is 63.2 Å². The summed E-state index contributed by atoms with van der Waals surface area (Å²) >= 11 is 0. The fourth-order valence-electron chi connectivity index (χ4n) is 4.57. The van der Waals surface area contributed by atoms with Gasteiger partial charge in [0.05, 0.1) is 6.10 Å². The minimum Gasteiger partial charge on any atom is -0.455 e. The highest BCUT2D eigenvalue weighted by molar-refractivity contribution is 5.67. The van der Waals surface area contributed by atoms with Gasteiger partial charge < -0.3 is 23.7 Å². The van der Waals surface area contributed by atoms with Crippen LogP contribution in [0.5, 0.6) is 0 Å². The first kappa shape index (κ1) is 20.5. The molecule has 0 radical (unpaired) electrons. The second-order valence-corrected chi connectivity index (χ2v) is 8.90. The molecule has 0 amide bonds. The van der Waals surface area contributed by atoms with Gasteiger partial charge in [0.25, 0.3) is 0 Å². The van der Waals surface area contributed by atoms with Crippen molar-refractivity contribution >= 4 is 12.0 Å². The lowest BCUT2D eigenvalue weighted by Gasteiger charge is -2.34. The van der Waals surface area contributed by atoms with Crippen molar-refractivity contribution in [3.63, 3.8) is 0 Å². The molecule has 1 saturated carbocycles. The Bertz CT molecular complexity index is 784. The summed E-state index contributed by atoms with van der Waals surface area (Å²) in [6.07, 6.45) is 1.71. The molecule has 29 heavy (non-hydrogen) atoms. The molecule has 0 spiro atoms. The Morgan fingerprint density at radius 3 is 2.28 bits per heavy atom. The van der Waals surface area contributed by atoms with Crippen molar-refractivity contribution in [2.24, 2.45) is 0 Å². The predicted molar refractivity (Wildman–Crippen MR) is 107 cm³/mol. The van der Waals surface area contributed by atoms with Gasteiger partial charge in [-0.15, -0.1) is 0 Å². The molecule has 158 valence electrons. The van der Waals surface area contributed by atoms with Crippen molar-refractivity contribution in [1.29, 1.82) is 0 Å². The molecule has 1 aliphatic carbocycles. The highest BCUT2D eigenvalue weighted by atomic mass is 16.8. The third-order valence-electron chi connectivity index (χ3n) is 5.53. The number of benzene rings is 1. The number of hydrogen-bond donors (Lipinski definition) is 0. The molecule has 0 N–H and O–H groups in total. The average Bonchev–Trinajstić information content (AvgIpc) is 3.11. The lowest BCUT2D eigenvalue weighted by molar-refractivity contribution is -0.176. The number of carbonyl (C=O) groups is 1. The maximum absolute atomic E-state index is 12.0. The standard InChI is InChI=1S/C23H30O6/c1-14(24)25-18-16(13-15-9-7-6-8-10-15)11-12-17-19(27-22(2,3)26-17)21-20(18)28-23(4,5)29-21/h6-10,13,17-21H,11-12H2,1-5H3/b16-13+/t17-,18-,19-,20+,21+/m1/s1. The summed E-state index contributed by atoms with van der Waals surface area (Å²) < 4.78 is 30.7. The van der Waals surface area contributed by atoms with Gasteiger partial charge >= 0.3 is 5.97 Å². The Balaban J connectivity index is 1.76. The second-order valence-electron chi connectivity index (χ2n) is 8.90. The van der Waals surface area contributed by atoms with E-state index in [1.165, 1.54) is 6.92 Å². The first-order valence-electron chi connectivity index (χ1n) is 10.3. The summed E-state index contributed by atoms with van der Waals surface area (Å²) in [6, 6.07) is 10.0. The van der Waals surface area contributed by atoms with Crippen molar-refractivity contribution < 1.29 is 28.5 Å². The predicted octanol–water partition coefficient (Wildman–Crippen LogP) is 3.84. The van der Waals surface area contributed by atoms with Crippen LogP contribution in [0.15, 0.2) is 35.9 Å². The number of ether oxygens (including phenoxy) is 5. The van der Waals surface area contributed by atoms with Crippen LogP contribution in [0.4, 0.5) is 0 Å². The van der Waals surface area contributed by atoms with Crippen LogP contribution >= 0.6 is 0 Å². The minimum absolute atomic E-state index is 0.118. The fourth-order valence-corrected chi connectivity index (χ4v) is 4.57. The van der Waals surface area contributed by atoms with Crippen molar-refractivity contribution in [3.05, 3.63) is 41.5 Å². The van der Waals surface area contributed by atoms with Gasteiger partial charge in [-0.2, -0.15) is 0 Å². The van der Waals surface area contributed by atoms with Crippen molar-refractivity contribution in [3.8, 4) is 0 Å². The van der Waals surface area contributed by atoms with E-state index in [0.717, 1.165) is 17.6 Å². The van der Waals surface area contributed by atoms with Crippen LogP contribution in [0, 0.1) is 0 Å². The van der Waals surface area contributed by atoms with Gasteiger partial charge in [-0.1, -0.05) is 36.4 Å². The fraction of sp³-hybridized carbons (Fsp3) is 0.609. The normalized spacial score (nSPS) is 36.7. The van der Waals surface area contributed by atoms with Gasteiger partial charge in [-0.25, -0.2) is 0 Å². The zero-order valence-electron chi connectivity index (χ0n) is 17.7. The summed E-state index contributed by atoms with van der Waals surface area (Å²) in [5.74, 6) is -1.85. The van der Waals surface area contributed by atoms with Crippen LogP contribution in [0.3, 0.4) is 0 Å². The van der Waals surface area contributed by atoms with Crippen molar-refractivity contribution in [1.82, 2.24) is 0 Å².